The van der Waals surface area contributed by atoms with Gasteiger partial charge in [0.2, 0.25) is 5.95 Å². The minimum Gasteiger partial charge on any atom is -0.493 e. The van der Waals surface area contributed by atoms with Crippen molar-refractivity contribution in [3.8, 4) is 22.8 Å². The largest absolute Gasteiger partial charge is 0.493 e. The van der Waals surface area contributed by atoms with Crippen LogP contribution in [0.25, 0.3) is 17.0 Å². The van der Waals surface area contributed by atoms with E-state index in [9.17, 15) is 13.2 Å². The molecule has 2 aromatic heterocycles. The SMILES string of the molecule is COc1ccc(-c2cc(C(F)(F)F)n3nc(N)nc3n2)cc1OC. The highest BCUT2D eigenvalue weighted by molar-refractivity contribution is 5.66. The lowest BCUT2D eigenvalue weighted by atomic mass is 10.1. The van der Waals surface area contributed by atoms with Gasteiger partial charge in [-0.3, -0.25) is 0 Å². The first-order valence-corrected chi connectivity index (χ1v) is 6.66. The van der Waals surface area contributed by atoms with Crippen LogP contribution in [0.15, 0.2) is 24.3 Å². The summed E-state index contributed by atoms with van der Waals surface area (Å²) in [6.45, 7) is 0. The molecule has 0 saturated heterocycles. The van der Waals surface area contributed by atoms with Crippen molar-refractivity contribution in [2.75, 3.05) is 20.0 Å². The normalized spacial score (nSPS) is 11.7. The van der Waals surface area contributed by atoms with Crippen LogP contribution < -0.4 is 15.2 Å². The molecule has 0 aliphatic rings. The highest BCUT2D eigenvalue weighted by Gasteiger charge is 2.35. The maximum Gasteiger partial charge on any atom is 0.433 e. The molecule has 0 radical (unpaired) electrons. The number of ether oxygens (including phenoxy) is 2. The van der Waals surface area contributed by atoms with E-state index in [4.69, 9.17) is 15.2 Å². The summed E-state index contributed by atoms with van der Waals surface area (Å²) in [5.74, 6) is 0.279. The predicted molar refractivity (Wildman–Crippen MR) is 78.7 cm³/mol. The monoisotopic (exact) mass is 339 g/mol. The van der Waals surface area contributed by atoms with Gasteiger partial charge in [0.15, 0.2) is 17.2 Å². The summed E-state index contributed by atoms with van der Waals surface area (Å²) in [6.07, 6.45) is -4.65. The fourth-order valence-corrected chi connectivity index (χ4v) is 2.23. The Hall–Kier alpha value is -3.04. The number of hydrogen-bond donors (Lipinski definition) is 1. The number of nitrogens with zero attached hydrogens (tertiary/aromatic N) is 4. The number of hydrogen-bond acceptors (Lipinski definition) is 6. The molecule has 0 unspecified atom stereocenters. The van der Waals surface area contributed by atoms with Crippen LogP contribution in [-0.2, 0) is 6.18 Å². The van der Waals surface area contributed by atoms with Gasteiger partial charge in [-0.15, -0.1) is 5.10 Å². The lowest BCUT2D eigenvalue weighted by Gasteiger charge is -2.12. The van der Waals surface area contributed by atoms with Gasteiger partial charge < -0.3 is 15.2 Å². The lowest BCUT2D eigenvalue weighted by molar-refractivity contribution is -0.142. The smallest absolute Gasteiger partial charge is 0.433 e. The fourth-order valence-electron chi connectivity index (χ4n) is 2.23. The summed E-state index contributed by atoms with van der Waals surface area (Å²) in [4.78, 5) is 7.80. The van der Waals surface area contributed by atoms with Gasteiger partial charge in [0, 0.05) is 5.56 Å². The zero-order valence-corrected chi connectivity index (χ0v) is 12.6. The third kappa shape index (κ3) is 2.66. The second kappa shape index (κ2) is 5.55. The van der Waals surface area contributed by atoms with Crippen molar-refractivity contribution in [2.45, 2.75) is 6.18 Å². The molecule has 0 saturated carbocycles. The van der Waals surface area contributed by atoms with Gasteiger partial charge in [0.25, 0.3) is 5.78 Å². The van der Waals surface area contributed by atoms with Crippen LogP contribution in [0, 0.1) is 0 Å². The van der Waals surface area contributed by atoms with Gasteiger partial charge in [-0.1, -0.05) is 0 Å². The summed E-state index contributed by atoms with van der Waals surface area (Å²) >= 11 is 0. The molecule has 0 bridgehead atoms. The number of rotatable bonds is 3. The first-order chi connectivity index (χ1) is 11.3. The Bertz CT molecular complexity index is 907. The van der Waals surface area contributed by atoms with E-state index in [1.54, 1.807) is 12.1 Å². The number of aromatic nitrogens is 4. The van der Waals surface area contributed by atoms with Gasteiger partial charge in [-0.2, -0.15) is 22.7 Å². The first kappa shape index (κ1) is 15.8. The maximum atomic E-state index is 13.3. The van der Waals surface area contributed by atoms with E-state index < -0.39 is 11.9 Å². The molecule has 3 rings (SSSR count). The van der Waals surface area contributed by atoms with Crippen LogP contribution in [0.3, 0.4) is 0 Å². The van der Waals surface area contributed by atoms with E-state index in [0.717, 1.165) is 6.07 Å². The summed E-state index contributed by atoms with van der Waals surface area (Å²) in [5.41, 5.74) is 4.83. The minimum atomic E-state index is -4.65. The molecule has 3 aromatic rings. The molecular formula is C14H12F3N5O2. The third-order valence-corrected chi connectivity index (χ3v) is 3.30. The van der Waals surface area contributed by atoms with Crippen LogP contribution >= 0.6 is 0 Å². The van der Waals surface area contributed by atoms with Crippen molar-refractivity contribution in [3.05, 3.63) is 30.0 Å². The number of fused-ring (bicyclic) bond motifs is 1. The Labute approximate surface area is 133 Å². The van der Waals surface area contributed by atoms with Crippen molar-refractivity contribution >= 4 is 11.7 Å². The predicted octanol–water partition coefficient (Wildman–Crippen LogP) is 2.41. The number of nitrogen functional groups attached to an aromatic ring is 1. The highest BCUT2D eigenvalue weighted by Crippen LogP contribution is 2.35. The molecule has 0 spiro atoms. The average Bonchev–Trinajstić information content (AvgIpc) is 2.92. The molecule has 0 atom stereocenters. The molecule has 0 fully saturated rings. The zero-order chi connectivity index (χ0) is 17.5. The van der Waals surface area contributed by atoms with E-state index in [2.05, 4.69) is 15.1 Å². The van der Waals surface area contributed by atoms with E-state index in [1.165, 1.54) is 20.3 Å². The van der Waals surface area contributed by atoms with Crippen LogP contribution in [0.1, 0.15) is 5.69 Å². The Morgan fingerprint density at radius 2 is 1.75 bits per heavy atom. The van der Waals surface area contributed by atoms with Gasteiger partial charge in [-0.05, 0) is 24.3 Å². The molecule has 24 heavy (non-hydrogen) atoms. The van der Waals surface area contributed by atoms with Gasteiger partial charge >= 0.3 is 6.18 Å². The fraction of sp³-hybridized carbons (Fsp3) is 0.214. The molecule has 2 heterocycles. The summed E-state index contributed by atoms with van der Waals surface area (Å²) in [7, 11) is 2.89. The Morgan fingerprint density at radius 3 is 2.38 bits per heavy atom. The van der Waals surface area contributed by atoms with Crippen molar-refractivity contribution < 1.29 is 22.6 Å². The van der Waals surface area contributed by atoms with Crippen LogP contribution in [0.5, 0.6) is 11.5 Å². The second-order valence-corrected chi connectivity index (χ2v) is 4.78. The summed E-state index contributed by atoms with van der Waals surface area (Å²) in [6, 6.07) is 5.55. The molecule has 126 valence electrons. The summed E-state index contributed by atoms with van der Waals surface area (Å²) < 4.78 is 50.7. The van der Waals surface area contributed by atoms with Crippen molar-refractivity contribution in [2.24, 2.45) is 0 Å². The number of methoxy groups -OCH3 is 2. The molecular weight excluding hydrogens is 327 g/mol. The standard InChI is InChI=1S/C14H12F3N5O2/c1-23-9-4-3-7(5-10(9)24-2)8-6-11(14(15,16)17)22-13(19-8)20-12(18)21-22/h3-6H,1-2H3,(H2,18,21). The molecule has 0 aliphatic carbocycles. The third-order valence-electron chi connectivity index (χ3n) is 3.30. The average molecular weight is 339 g/mol. The molecule has 2 N–H and O–H groups in total. The molecule has 7 nitrogen and oxygen atoms in total. The number of alkyl halides is 3. The highest BCUT2D eigenvalue weighted by atomic mass is 19.4. The van der Waals surface area contributed by atoms with Crippen LogP contribution in [0.2, 0.25) is 0 Å². The van der Waals surface area contributed by atoms with Gasteiger partial charge in [0.1, 0.15) is 0 Å². The maximum absolute atomic E-state index is 13.3. The first-order valence-electron chi connectivity index (χ1n) is 6.66. The lowest BCUT2D eigenvalue weighted by Crippen LogP contribution is -2.14. The molecule has 1 aromatic carbocycles. The Morgan fingerprint density at radius 1 is 1.04 bits per heavy atom. The van der Waals surface area contributed by atoms with E-state index in [0.29, 0.717) is 21.6 Å². The van der Waals surface area contributed by atoms with Crippen LogP contribution in [0.4, 0.5) is 19.1 Å². The van der Waals surface area contributed by atoms with Gasteiger partial charge in [0.05, 0.1) is 19.9 Å². The zero-order valence-electron chi connectivity index (χ0n) is 12.6. The van der Waals surface area contributed by atoms with Crippen LogP contribution in [-0.4, -0.2) is 33.8 Å². The van der Waals surface area contributed by atoms with Gasteiger partial charge in [-0.25, -0.2) is 4.98 Å². The summed E-state index contributed by atoms with van der Waals surface area (Å²) in [5, 5.41) is 3.53. The number of halogens is 3. The van der Waals surface area contributed by atoms with E-state index in [1.807, 2.05) is 0 Å². The minimum absolute atomic E-state index is 0.0585. The second-order valence-electron chi connectivity index (χ2n) is 4.78. The molecule has 0 amide bonds. The van der Waals surface area contributed by atoms with Crippen molar-refractivity contribution in [1.82, 2.24) is 19.6 Å². The van der Waals surface area contributed by atoms with E-state index in [-0.39, 0.29) is 17.4 Å². The topological polar surface area (TPSA) is 87.6 Å². The quantitative estimate of drug-likeness (QED) is 0.788. The van der Waals surface area contributed by atoms with Crippen molar-refractivity contribution in [1.29, 1.82) is 0 Å². The number of nitrogens with two attached hydrogens (primary N) is 1. The molecule has 0 aliphatic heterocycles. The number of benzene rings is 1. The van der Waals surface area contributed by atoms with Crippen molar-refractivity contribution in [3.63, 3.8) is 0 Å². The Kier molecular flexibility index (Phi) is 3.66. The number of anilines is 1. The Balaban J connectivity index is 2.23. The molecule has 10 heteroatoms. The van der Waals surface area contributed by atoms with E-state index >= 15 is 0 Å².